The van der Waals surface area contributed by atoms with Gasteiger partial charge in [0.25, 0.3) is 11.6 Å². The highest BCUT2D eigenvalue weighted by atomic mass is 35.5. The Morgan fingerprint density at radius 3 is 2.52 bits per heavy atom. The van der Waals surface area contributed by atoms with Gasteiger partial charge in [0.05, 0.1) is 21.2 Å². The SMILES string of the molecule is Nc1c(Cl)cc([N+](=O)[O-])cc1C(=O)N1CC2CCCC2C1. The topological polar surface area (TPSA) is 89.5 Å². The Hall–Kier alpha value is -1.82. The monoisotopic (exact) mass is 309 g/mol. The number of non-ortho nitro benzene ring substituents is 1. The van der Waals surface area contributed by atoms with Gasteiger partial charge in [-0.05, 0) is 24.7 Å². The fourth-order valence-corrected chi connectivity index (χ4v) is 3.67. The molecule has 7 heteroatoms. The number of amides is 1. The highest BCUT2D eigenvalue weighted by Gasteiger charge is 2.38. The Bertz CT molecular complexity index is 608. The Kier molecular flexibility index (Phi) is 3.49. The molecule has 1 aromatic rings. The Morgan fingerprint density at radius 2 is 1.95 bits per heavy atom. The van der Waals surface area contributed by atoms with E-state index in [0.717, 1.165) is 12.8 Å². The zero-order chi connectivity index (χ0) is 15.1. The van der Waals surface area contributed by atoms with E-state index >= 15 is 0 Å². The molecule has 1 amide bonds. The summed E-state index contributed by atoms with van der Waals surface area (Å²) in [6, 6.07) is 2.39. The number of hydrogen-bond acceptors (Lipinski definition) is 4. The quantitative estimate of drug-likeness (QED) is 0.516. The zero-order valence-electron chi connectivity index (χ0n) is 11.4. The van der Waals surface area contributed by atoms with Gasteiger partial charge in [-0.3, -0.25) is 14.9 Å². The van der Waals surface area contributed by atoms with Gasteiger partial charge in [0, 0.05) is 25.2 Å². The van der Waals surface area contributed by atoms with Crippen molar-refractivity contribution in [3.8, 4) is 0 Å². The summed E-state index contributed by atoms with van der Waals surface area (Å²) >= 11 is 5.91. The van der Waals surface area contributed by atoms with Crippen LogP contribution < -0.4 is 5.73 Å². The highest BCUT2D eigenvalue weighted by Crippen LogP contribution is 2.39. The Balaban J connectivity index is 1.89. The molecule has 21 heavy (non-hydrogen) atoms. The summed E-state index contributed by atoms with van der Waals surface area (Å²) in [7, 11) is 0. The van der Waals surface area contributed by atoms with Crippen molar-refractivity contribution < 1.29 is 9.72 Å². The second-order valence-electron chi connectivity index (χ2n) is 5.81. The van der Waals surface area contributed by atoms with Gasteiger partial charge in [0.1, 0.15) is 0 Å². The molecule has 1 aliphatic heterocycles. The van der Waals surface area contributed by atoms with E-state index in [4.69, 9.17) is 17.3 Å². The van der Waals surface area contributed by atoms with Crippen LogP contribution in [-0.2, 0) is 0 Å². The van der Waals surface area contributed by atoms with Gasteiger partial charge in [0.2, 0.25) is 0 Å². The second-order valence-corrected chi connectivity index (χ2v) is 6.21. The second kappa shape index (κ2) is 5.18. The first-order valence-electron chi connectivity index (χ1n) is 7.00. The standard InChI is InChI=1S/C14H16ClN3O3/c15-12-5-10(18(20)21)4-11(13(12)16)14(19)17-6-8-2-1-3-9(8)7-17/h4-5,8-9H,1-3,6-7,16H2. The number of hydrogen-bond donors (Lipinski definition) is 1. The molecular weight excluding hydrogens is 294 g/mol. The molecule has 112 valence electrons. The molecule has 2 unspecified atom stereocenters. The molecular formula is C14H16ClN3O3. The van der Waals surface area contributed by atoms with Crippen LogP contribution in [0.2, 0.25) is 5.02 Å². The number of carbonyl (C=O) groups excluding carboxylic acids is 1. The van der Waals surface area contributed by atoms with Crippen LogP contribution in [0.1, 0.15) is 29.6 Å². The number of fused-ring (bicyclic) bond motifs is 1. The summed E-state index contributed by atoms with van der Waals surface area (Å²) in [5.74, 6) is 0.862. The van der Waals surface area contributed by atoms with E-state index < -0.39 is 4.92 Å². The smallest absolute Gasteiger partial charge is 0.271 e. The predicted molar refractivity (Wildman–Crippen MR) is 79.3 cm³/mol. The fourth-order valence-electron chi connectivity index (χ4n) is 3.46. The number of nitrogen functional groups attached to an aromatic ring is 1. The van der Waals surface area contributed by atoms with Gasteiger partial charge < -0.3 is 10.6 Å². The Labute approximate surface area is 127 Å². The molecule has 0 aromatic heterocycles. The molecule has 3 rings (SSSR count). The molecule has 1 saturated carbocycles. The minimum atomic E-state index is -0.569. The maximum absolute atomic E-state index is 12.6. The van der Waals surface area contributed by atoms with E-state index in [0.29, 0.717) is 24.9 Å². The minimum Gasteiger partial charge on any atom is -0.397 e. The Morgan fingerprint density at radius 1 is 1.33 bits per heavy atom. The number of carbonyl (C=O) groups is 1. The summed E-state index contributed by atoms with van der Waals surface area (Å²) in [5, 5.41) is 10.9. The molecule has 0 bridgehead atoms. The zero-order valence-corrected chi connectivity index (χ0v) is 12.2. The van der Waals surface area contributed by atoms with E-state index in [1.54, 1.807) is 4.90 Å². The summed E-state index contributed by atoms with van der Waals surface area (Å²) in [6.07, 6.45) is 3.53. The van der Waals surface area contributed by atoms with Crippen LogP contribution in [0.15, 0.2) is 12.1 Å². The molecule has 2 atom stereocenters. The largest absolute Gasteiger partial charge is 0.397 e. The first kappa shape index (κ1) is 14.1. The van der Waals surface area contributed by atoms with Crippen molar-refractivity contribution in [1.29, 1.82) is 0 Å². The molecule has 0 spiro atoms. The number of nitrogens with two attached hydrogens (primary N) is 1. The third kappa shape index (κ3) is 2.44. The lowest BCUT2D eigenvalue weighted by Crippen LogP contribution is -2.30. The van der Waals surface area contributed by atoms with Gasteiger partial charge in [-0.25, -0.2) is 0 Å². The first-order chi connectivity index (χ1) is 9.97. The maximum atomic E-state index is 12.6. The number of rotatable bonds is 2. The maximum Gasteiger partial charge on any atom is 0.271 e. The lowest BCUT2D eigenvalue weighted by molar-refractivity contribution is -0.384. The number of anilines is 1. The number of nitro benzene ring substituents is 1. The number of nitrogens with zero attached hydrogens (tertiary/aromatic N) is 2. The van der Waals surface area contributed by atoms with Gasteiger partial charge in [-0.15, -0.1) is 0 Å². The van der Waals surface area contributed by atoms with E-state index in [1.165, 1.54) is 18.6 Å². The molecule has 0 radical (unpaired) electrons. The summed E-state index contributed by atoms with van der Waals surface area (Å²) in [6.45, 7) is 1.42. The summed E-state index contributed by atoms with van der Waals surface area (Å²) < 4.78 is 0. The van der Waals surface area contributed by atoms with Gasteiger partial charge in [-0.1, -0.05) is 18.0 Å². The van der Waals surface area contributed by atoms with Gasteiger partial charge in [-0.2, -0.15) is 0 Å². The van der Waals surface area contributed by atoms with Crippen molar-refractivity contribution in [3.63, 3.8) is 0 Å². The van der Waals surface area contributed by atoms with Crippen molar-refractivity contribution in [3.05, 3.63) is 32.8 Å². The van der Waals surface area contributed by atoms with Crippen molar-refractivity contribution in [2.24, 2.45) is 11.8 Å². The number of benzene rings is 1. The third-order valence-corrected chi connectivity index (χ3v) is 4.88. The minimum absolute atomic E-state index is 0.0481. The van der Waals surface area contributed by atoms with Crippen molar-refractivity contribution in [1.82, 2.24) is 4.90 Å². The lowest BCUT2D eigenvalue weighted by atomic mass is 10.0. The third-order valence-electron chi connectivity index (χ3n) is 4.57. The van der Waals surface area contributed by atoms with Crippen molar-refractivity contribution in [2.75, 3.05) is 18.8 Å². The van der Waals surface area contributed by atoms with Crippen LogP contribution in [0.5, 0.6) is 0 Å². The van der Waals surface area contributed by atoms with Gasteiger partial charge >= 0.3 is 0 Å². The van der Waals surface area contributed by atoms with Gasteiger partial charge in [0.15, 0.2) is 0 Å². The molecule has 2 N–H and O–H groups in total. The molecule has 1 aromatic carbocycles. The fraction of sp³-hybridized carbons (Fsp3) is 0.500. The summed E-state index contributed by atoms with van der Waals surface area (Å²) in [5.41, 5.74) is 5.87. The van der Waals surface area contributed by atoms with E-state index in [2.05, 4.69) is 0 Å². The molecule has 6 nitrogen and oxygen atoms in total. The molecule has 2 fully saturated rings. The normalized spacial score (nSPS) is 24.1. The molecule has 1 heterocycles. The average molecular weight is 310 g/mol. The predicted octanol–water partition coefficient (Wildman–Crippen LogP) is 2.70. The van der Waals surface area contributed by atoms with E-state index in [1.807, 2.05) is 0 Å². The highest BCUT2D eigenvalue weighted by molar-refractivity contribution is 6.34. The van der Waals surface area contributed by atoms with Crippen LogP contribution in [0.3, 0.4) is 0 Å². The number of halogens is 1. The van der Waals surface area contributed by atoms with Crippen LogP contribution in [0.4, 0.5) is 11.4 Å². The summed E-state index contributed by atoms with van der Waals surface area (Å²) in [4.78, 5) is 24.7. The van der Waals surface area contributed by atoms with Crippen LogP contribution >= 0.6 is 11.6 Å². The van der Waals surface area contributed by atoms with Crippen LogP contribution in [-0.4, -0.2) is 28.8 Å². The molecule has 2 aliphatic rings. The average Bonchev–Trinajstić information content (AvgIpc) is 3.01. The van der Waals surface area contributed by atoms with E-state index in [9.17, 15) is 14.9 Å². The molecule has 1 saturated heterocycles. The van der Waals surface area contributed by atoms with Crippen molar-refractivity contribution in [2.45, 2.75) is 19.3 Å². The van der Waals surface area contributed by atoms with Crippen molar-refractivity contribution >= 4 is 28.9 Å². The first-order valence-corrected chi connectivity index (χ1v) is 7.38. The molecule has 1 aliphatic carbocycles. The lowest BCUT2D eigenvalue weighted by Gasteiger charge is -2.18. The number of nitro groups is 1. The number of likely N-dealkylation sites (tertiary alicyclic amines) is 1. The van der Waals surface area contributed by atoms with Crippen LogP contribution in [0, 0.1) is 22.0 Å². The van der Waals surface area contributed by atoms with Crippen LogP contribution in [0.25, 0.3) is 0 Å². The van der Waals surface area contributed by atoms with E-state index in [-0.39, 0.29) is 27.9 Å².